The van der Waals surface area contributed by atoms with Crippen LogP contribution in [-0.2, 0) is 4.74 Å². The van der Waals surface area contributed by atoms with Gasteiger partial charge in [0, 0.05) is 19.0 Å². The van der Waals surface area contributed by atoms with Crippen LogP contribution in [0.15, 0.2) is 24.3 Å². The lowest BCUT2D eigenvalue weighted by atomic mass is 10.2. The highest BCUT2D eigenvalue weighted by molar-refractivity contribution is 5.89. The van der Waals surface area contributed by atoms with Crippen molar-refractivity contribution in [3.63, 3.8) is 0 Å². The molecule has 0 unspecified atom stereocenters. The van der Waals surface area contributed by atoms with Crippen molar-refractivity contribution in [2.45, 2.75) is 6.18 Å². The van der Waals surface area contributed by atoms with Gasteiger partial charge in [-0.1, -0.05) is 12.1 Å². The molecule has 114 valence electrons. The highest BCUT2D eigenvalue weighted by Crippen LogP contribution is 2.21. The normalized spacial score (nSPS) is 11.6. The molecule has 1 heterocycles. The Hall–Kier alpha value is -2.09. The zero-order chi connectivity index (χ0) is 15.3. The number of hydrogen-bond donors (Lipinski definition) is 2. The molecule has 0 radical (unpaired) electrons. The summed E-state index contributed by atoms with van der Waals surface area (Å²) < 4.78 is 40.4. The molecule has 21 heavy (non-hydrogen) atoms. The molecule has 0 saturated carbocycles. The zero-order valence-electron chi connectivity index (χ0n) is 11.4. The van der Waals surface area contributed by atoms with Gasteiger partial charge in [-0.25, -0.2) is 4.98 Å². The number of ether oxygens (including phenoxy) is 1. The average molecular weight is 300 g/mol. The Kier molecular flexibility index (Phi) is 4.79. The molecule has 1 aromatic heterocycles. The van der Waals surface area contributed by atoms with E-state index < -0.39 is 12.8 Å². The number of anilines is 2. The summed E-state index contributed by atoms with van der Waals surface area (Å²) in [5.41, 5.74) is 0.746. The lowest BCUT2D eigenvalue weighted by Gasteiger charge is -2.11. The van der Waals surface area contributed by atoms with Crippen molar-refractivity contribution in [1.29, 1.82) is 0 Å². The molecule has 1 aromatic carbocycles. The van der Waals surface area contributed by atoms with E-state index in [1.807, 2.05) is 24.3 Å². The Morgan fingerprint density at radius 2 is 1.95 bits per heavy atom. The minimum absolute atomic E-state index is 0.0628. The molecule has 0 bridgehead atoms. The summed E-state index contributed by atoms with van der Waals surface area (Å²) in [6.07, 6.45) is -4.30. The number of nitrogens with one attached hydrogen (secondary N) is 2. The Morgan fingerprint density at radius 3 is 2.67 bits per heavy atom. The number of alkyl halides is 3. The number of para-hydroxylation sites is 1. The van der Waals surface area contributed by atoms with Crippen LogP contribution in [0.1, 0.15) is 0 Å². The first kappa shape index (κ1) is 15.3. The number of aromatic nitrogens is 2. The Bertz CT molecular complexity index is 603. The van der Waals surface area contributed by atoms with Gasteiger partial charge in [0.25, 0.3) is 0 Å². The summed E-state index contributed by atoms with van der Waals surface area (Å²) in [4.78, 5) is 8.54. The molecule has 0 aliphatic rings. The molecule has 0 aliphatic carbocycles. The van der Waals surface area contributed by atoms with Crippen molar-refractivity contribution in [2.24, 2.45) is 0 Å². The fraction of sp³-hybridized carbons (Fsp3) is 0.385. The molecule has 0 atom stereocenters. The molecular weight excluding hydrogens is 285 g/mol. The number of rotatable bonds is 6. The maximum atomic E-state index is 11.9. The van der Waals surface area contributed by atoms with Crippen LogP contribution in [0.5, 0.6) is 0 Å². The molecule has 0 fully saturated rings. The third-order valence-corrected chi connectivity index (χ3v) is 2.63. The van der Waals surface area contributed by atoms with Gasteiger partial charge in [0.15, 0.2) is 0 Å². The van der Waals surface area contributed by atoms with E-state index >= 15 is 0 Å². The first-order chi connectivity index (χ1) is 9.99. The average Bonchev–Trinajstić information content (AvgIpc) is 2.45. The van der Waals surface area contributed by atoms with Crippen LogP contribution in [-0.4, -0.2) is 43.0 Å². The van der Waals surface area contributed by atoms with E-state index in [1.165, 1.54) is 0 Å². The van der Waals surface area contributed by atoms with Crippen molar-refractivity contribution in [2.75, 3.05) is 37.4 Å². The van der Waals surface area contributed by atoms with Crippen molar-refractivity contribution < 1.29 is 17.9 Å². The van der Waals surface area contributed by atoms with Crippen LogP contribution in [0.3, 0.4) is 0 Å². The van der Waals surface area contributed by atoms with Gasteiger partial charge in [-0.2, -0.15) is 18.2 Å². The number of benzene rings is 1. The van der Waals surface area contributed by atoms with Gasteiger partial charge in [-0.15, -0.1) is 0 Å². The fourth-order valence-corrected chi connectivity index (χ4v) is 1.75. The molecule has 0 aliphatic heterocycles. The van der Waals surface area contributed by atoms with Gasteiger partial charge < -0.3 is 15.4 Å². The standard InChI is InChI=1S/C13H15F3N4O/c1-17-12-19-10-5-3-2-4-9(10)11(20-12)18-6-7-21-8-13(14,15)16/h2-5H,6-8H2,1H3,(H2,17,18,19,20). The van der Waals surface area contributed by atoms with Crippen LogP contribution < -0.4 is 10.6 Å². The first-order valence-corrected chi connectivity index (χ1v) is 6.32. The van der Waals surface area contributed by atoms with Gasteiger partial charge in [-0.3, -0.25) is 0 Å². The van der Waals surface area contributed by atoms with E-state index in [1.54, 1.807) is 7.05 Å². The van der Waals surface area contributed by atoms with E-state index in [2.05, 4.69) is 25.3 Å². The van der Waals surface area contributed by atoms with Crippen molar-refractivity contribution in [1.82, 2.24) is 9.97 Å². The second-order valence-corrected chi connectivity index (χ2v) is 4.26. The number of hydrogen-bond acceptors (Lipinski definition) is 5. The highest BCUT2D eigenvalue weighted by atomic mass is 19.4. The zero-order valence-corrected chi connectivity index (χ0v) is 11.4. The van der Waals surface area contributed by atoms with Crippen LogP contribution in [0.4, 0.5) is 24.9 Å². The molecular formula is C13H15F3N4O. The third kappa shape index (κ3) is 4.45. The van der Waals surface area contributed by atoms with Crippen molar-refractivity contribution in [3.05, 3.63) is 24.3 Å². The number of fused-ring (bicyclic) bond motifs is 1. The largest absolute Gasteiger partial charge is 0.411 e. The van der Waals surface area contributed by atoms with Crippen LogP contribution in [0.25, 0.3) is 10.9 Å². The molecule has 8 heteroatoms. The number of halogens is 3. The van der Waals surface area contributed by atoms with Crippen molar-refractivity contribution in [3.8, 4) is 0 Å². The predicted molar refractivity (Wildman–Crippen MR) is 74.4 cm³/mol. The maximum Gasteiger partial charge on any atom is 0.411 e. The smallest absolute Gasteiger partial charge is 0.370 e. The molecule has 0 saturated heterocycles. The molecule has 2 rings (SSSR count). The SMILES string of the molecule is CNc1nc(NCCOCC(F)(F)F)c2ccccc2n1. The minimum Gasteiger partial charge on any atom is -0.370 e. The van der Waals surface area contributed by atoms with Gasteiger partial charge in [-0.05, 0) is 12.1 Å². The third-order valence-electron chi connectivity index (χ3n) is 2.63. The molecule has 2 N–H and O–H groups in total. The van der Waals surface area contributed by atoms with Crippen LogP contribution in [0, 0.1) is 0 Å². The Morgan fingerprint density at radius 1 is 1.19 bits per heavy atom. The van der Waals surface area contributed by atoms with E-state index in [9.17, 15) is 13.2 Å². The van der Waals surface area contributed by atoms with E-state index in [0.29, 0.717) is 11.8 Å². The van der Waals surface area contributed by atoms with Gasteiger partial charge in [0.05, 0.1) is 12.1 Å². The summed E-state index contributed by atoms with van der Waals surface area (Å²) >= 11 is 0. The van der Waals surface area contributed by atoms with Gasteiger partial charge in [0.2, 0.25) is 5.95 Å². The van der Waals surface area contributed by atoms with Gasteiger partial charge >= 0.3 is 6.18 Å². The summed E-state index contributed by atoms with van der Waals surface area (Å²) in [5, 5.41) is 6.60. The number of nitrogens with zero attached hydrogens (tertiary/aromatic N) is 2. The summed E-state index contributed by atoms with van der Waals surface area (Å²) in [6, 6.07) is 7.37. The Balaban J connectivity index is 2.01. The lowest BCUT2D eigenvalue weighted by Crippen LogP contribution is -2.20. The maximum absolute atomic E-state index is 11.9. The molecule has 0 amide bonds. The molecule has 0 spiro atoms. The summed E-state index contributed by atoms with van der Waals surface area (Å²) in [6.45, 7) is -1.09. The molecule has 2 aromatic rings. The predicted octanol–water partition coefficient (Wildman–Crippen LogP) is 2.66. The summed E-state index contributed by atoms with van der Waals surface area (Å²) in [7, 11) is 1.69. The van der Waals surface area contributed by atoms with E-state index in [-0.39, 0.29) is 13.2 Å². The summed E-state index contributed by atoms with van der Waals surface area (Å²) in [5.74, 6) is 0.993. The quantitative estimate of drug-likeness (QED) is 0.803. The van der Waals surface area contributed by atoms with Crippen LogP contribution >= 0.6 is 0 Å². The monoisotopic (exact) mass is 300 g/mol. The first-order valence-electron chi connectivity index (χ1n) is 6.32. The van der Waals surface area contributed by atoms with Crippen molar-refractivity contribution >= 4 is 22.7 Å². The fourth-order valence-electron chi connectivity index (χ4n) is 1.75. The molecule has 5 nitrogen and oxygen atoms in total. The second kappa shape index (κ2) is 6.57. The minimum atomic E-state index is -4.30. The second-order valence-electron chi connectivity index (χ2n) is 4.26. The highest BCUT2D eigenvalue weighted by Gasteiger charge is 2.27. The Labute approximate surface area is 119 Å². The van der Waals surface area contributed by atoms with Crippen LogP contribution in [0.2, 0.25) is 0 Å². The lowest BCUT2D eigenvalue weighted by molar-refractivity contribution is -0.172. The topological polar surface area (TPSA) is 59.1 Å². The van der Waals surface area contributed by atoms with E-state index in [4.69, 9.17) is 0 Å². The van der Waals surface area contributed by atoms with E-state index in [0.717, 1.165) is 10.9 Å². The van der Waals surface area contributed by atoms with Gasteiger partial charge in [0.1, 0.15) is 12.4 Å².